The second-order valence-corrected chi connectivity index (χ2v) is 9.43. The van der Waals surface area contributed by atoms with Gasteiger partial charge in [-0.2, -0.15) is 5.10 Å². The fourth-order valence-corrected chi connectivity index (χ4v) is 5.13. The summed E-state index contributed by atoms with van der Waals surface area (Å²) < 4.78 is 0. The molecular formula is C23H30N4. The van der Waals surface area contributed by atoms with Crippen LogP contribution < -0.4 is 10.3 Å². The molecule has 4 nitrogen and oxygen atoms in total. The molecule has 0 amide bonds. The number of nitrogens with one attached hydrogen (secondary N) is 2. The van der Waals surface area contributed by atoms with Crippen molar-refractivity contribution in [3.05, 3.63) is 40.2 Å². The molecule has 2 N–H and O–H groups in total. The maximum atomic E-state index is 4.69. The number of hydrogen-bond donors (Lipinski definition) is 2. The maximum absolute atomic E-state index is 4.69. The van der Waals surface area contributed by atoms with Crippen LogP contribution in [0.2, 0.25) is 0 Å². The van der Waals surface area contributed by atoms with Crippen molar-refractivity contribution in [3.8, 4) is 0 Å². The summed E-state index contributed by atoms with van der Waals surface area (Å²) in [6.45, 7) is 12.6. The molecule has 1 aliphatic carbocycles. The van der Waals surface area contributed by atoms with Crippen LogP contribution in [0.4, 0.5) is 5.69 Å². The largest absolute Gasteiger partial charge is 0.368 e. The minimum absolute atomic E-state index is 0.185. The Labute approximate surface area is 161 Å². The predicted octanol–water partition coefficient (Wildman–Crippen LogP) is 4.98. The molecule has 2 aliphatic heterocycles. The minimum atomic E-state index is 0.185. The Morgan fingerprint density at radius 2 is 2.00 bits per heavy atom. The summed E-state index contributed by atoms with van der Waals surface area (Å²) in [7, 11) is 0. The van der Waals surface area contributed by atoms with Crippen LogP contribution in [0.3, 0.4) is 0 Å². The van der Waals surface area contributed by atoms with Gasteiger partial charge in [0, 0.05) is 46.7 Å². The molecule has 3 aliphatic rings. The van der Waals surface area contributed by atoms with Crippen LogP contribution >= 0.6 is 0 Å². The second kappa shape index (κ2) is 5.63. The van der Waals surface area contributed by atoms with Crippen molar-refractivity contribution in [1.82, 2.24) is 10.4 Å². The van der Waals surface area contributed by atoms with Gasteiger partial charge in [0.1, 0.15) is 0 Å². The zero-order valence-corrected chi connectivity index (χ0v) is 17.2. The van der Waals surface area contributed by atoms with E-state index >= 15 is 0 Å². The van der Waals surface area contributed by atoms with Crippen LogP contribution in [0.5, 0.6) is 0 Å². The molecule has 0 fully saturated rings. The van der Waals surface area contributed by atoms with Crippen molar-refractivity contribution in [2.45, 2.75) is 71.8 Å². The number of allylic oxidation sites excluding steroid dienone is 2. The highest BCUT2D eigenvalue weighted by Gasteiger charge is 2.37. The Kier molecular flexibility index (Phi) is 3.53. The van der Waals surface area contributed by atoms with E-state index in [0.717, 1.165) is 19.4 Å². The van der Waals surface area contributed by atoms with Crippen LogP contribution in [0.15, 0.2) is 28.5 Å². The zero-order chi connectivity index (χ0) is 18.9. The van der Waals surface area contributed by atoms with E-state index in [9.17, 15) is 0 Å². The van der Waals surface area contributed by atoms with Gasteiger partial charge in [0.25, 0.3) is 0 Å². The molecule has 0 atom stereocenters. The summed E-state index contributed by atoms with van der Waals surface area (Å²) in [5.41, 5.74) is 14.2. The van der Waals surface area contributed by atoms with Crippen molar-refractivity contribution >= 4 is 22.3 Å². The van der Waals surface area contributed by atoms with Crippen LogP contribution in [-0.2, 0) is 11.8 Å². The Morgan fingerprint density at radius 3 is 2.78 bits per heavy atom. The standard InChI is InChI=1S/C23H30N4/c1-13(2)27-12-23(4,5)18-11-19-17(10-21(18)27)16-8-6-7-15-9-20(22(16)24-19)26-25-14(15)3/h10-11,13,24-25H,6-9,12H2,1-5H3. The number of rotatable bonds is 1. The number of anilines is 1. The highest BCUT2D eigenvalue weighted by atomic mass is 15.3. The van der Waals surface area contributed by atoms with Gasteiger partial charge in [-0.15, -0.1) is 0 Å². The number of aromatic amines is 1. The second-order valence-electron chi connectivity index (χ2n) is 9.43. The van der Waals surface area contributed by atoms with Gasteiger partial charge >= 0.3 is 0 Å². The molecule has 4 heteroatoms. The van der Waals surface area contributed by atoms with Crippen LogP contribution in [0.1, 0.15) is 70.7 Å². The molecule has 3 heterocycles. The number of hydrazone groups is 1. The van der Waals surface area contributed by atoms with E-state index in [1.54, 1.807) is 0 Å². The molecule has 1 aromatic carbocycles. The summed E-state index contributed by atoms with van der Waals surface area (Å²) in [5.74, 6) is 0. The van der Waals surface area contributed by atoms with Crippen LogP contribution in [-0.4, -0.2) is 23.3 Å². The van der Waals surface area contributed by atoms with E-state index in [1.165, 1.54) is 63.2 Å². The first kappa shape index (κ1) is 16.9. The quantitative estimate of drug-likeness (QED) is 0.751. The van der Waals surface area contributed by atoms with Crippen molar-refractivity contribution in [2.75, 3.05) is 11.4 Å². The lowest BCUT2D eigenvalue weighted by Crippen LogP contribution is -2.33. The molecule has 0 spiro atoms. The molecular weight excluding hydrogens is 332 g/mol. The molecule has 0 radical (unpaired) electrons. The number of aryl methyl sites for hydroxylation is 1. The monoisotopic (exact) mass is 362 g/mol. The van der Waals surface area contributed by atoms with E-state index in [2.05, 4.69) is 67.2 Å². The first-order valence-corrected chi connectivity index (χ1v) is 10.3. The molecule has 142 valence electrons. The van der Waals surface area contributed by atoms with Crippen molar-refractivity contribution in [3.63, 3.8) is 0 Å². The Balaban J connectivity index is 1.71. The highest BCUT2D eigenvalue weighted by molar-refractivity contribution is 6.07. The number of nitrogens with zero attached hydrogens (tertiary/aromatic N) is 2. The van der Waals surface area contributed by atoms with Gasteiger partial charge in [-0.05, 0) is 68.9 Å². The third-order valence-corrected chi connectivity index (χ3v) is 6.71. The average Bonchev–Trinajstić information content (AvgIpc) is 3.08. The van der Waals surface area contributed by atoms with Crippen LogP contribution in [0.25, 0.3) is 10.9 Å². The number of aromatic nitrogens is 1. The summed E-state index contributed by atoms with van der Waals surface area (Å²) >= 11 is 0. The van der Waals surface area contributed by atoms with E-state index in [4.69, 9.17) is 0 Å². The molecule has 0 saturated heterocycles. The number of fused-ring (bicyclic) bond motifs is 7. The number of H-pyrrole nitrogens is 1. The molecule has 0 saturated carbocycles. The minimum Gasteiger partial charge on any atom is -0.368 e. The van der Waals surface area contributed by atoms with Gasteiger partial charge in [-0.25, -0.2) is 0 Å². The summed E-state index contributed by atoms with van der Waals surface area (Å²) in [6, 6.07) is 5.39. The van der Waals surface area contributed by atoms with Crippen molar-refractivity contribution in [1.29, 1.82) is 0 Å². The maximum Gasteiger partial charge on any atom is 0.0885 e. The lowest BCUT2D eigenvalue weighted by molar-refractivity contribution is 0.532. The van der Waals surface area contributed by atoms with Crippen LogP contribution in [0, 0.1) is 0 Å². The lowest BCUT2D eigenvalue weighted by atomic mass is 9.86. The summed E-state index contributed by atoms with van der Waals surface area (Å²) in [4.78, 5) is 6.32. The number of benzene rings is 1. The highest BCUT2D eigenvalue weighted by Crippen LogP contribution is 2.45. The summed E-state index contributed by atoms with van der Waals surface area (Å²) in [5, 5.41) is 6.08. The zero-order valence-electron chi connectivity index (χ0n) is 17.2. The summed E-state index contributed by atoms with van der Waals surface area (Å²) in [6.07, 6.45) is 4.47. The average molecular weight is 363 g/mol. The first-order valence-electron chi connectivity index (χ1n) is 10.3. The SMILES string of the molecule is CC1=C2CCCc3c([nH]c4cc5c(cc34)N(C(C)C)CC5(C)C)C(=NN1)C2. The van der Waals surface area contributed by atoms with E-state index in [1.807, 2.05) is 0 Å². The molecule has 1 aromatic heterocycles. The third kappa shape index (κ3) is 2.45. The van der Waals surface area contributed by atoms with Gasteiger partial charge in [0.2, 0.25) is 0 Å². The molecule has 2 bridgehead atoms. The Morgan fingerprint density at radius 1 is 1.19 bits per heavy atom. The van der Waals surface area contributed by atoms with Gasteiger partial charge in [-0.3, -0.25) is 5.43 Å². The van der Waals surface area contributed by atoms with Gasteiger partial charge in [-0.1, -0.05) is 13.8 Å². The topological polar surface area (TPSA) is 43.4 Å². The van der Waals surface area contributed by atoms with Crippen molar-refractivity contribution in [2.24, 2.45) is 5.10 Å². The van der Waals surface area contributed by atoms with Crippen molar-refractivity contribution < 1.29 is 0 Å². The molecule has 27 heavy (non-hydrogen) atoms. The Bertz CT molecular complexity index is 1000. The molecule has 0 unspecified atom stereocenters. The van der Waals surface area contributed by atoms with Gasteiger partial charge < -0.3 is 9.88 Å². The van der Waals surface area contributed by atoms with E-state index in [0.29, 0.717) is 6.04 Å². The van der Waals surface area contributed by atoms with E-state index in [-0.39, 0.29) is 5.41 Å². The van der Waals surface area contributed by atoms with Gasteiger partial charge in [0.15, 0.2) is 0 Å². The fraction of sp³-hybridized carbons (Fsp3) is 0.522. The van der Waals surface area contributed by atoms with Gasteiger partial charge in [0.05, 0.1) is 11.4 Å². The third-order valence-electron chi connectivity index (χ3n) is 6.71. The predicted molar refractivity (Wildman–Crippen MR) is 114 cm³/mol. The first-order chi connectivity index (χ1) is 12.8. The molecule has 2 aromatic rings. The lowest BCUT2D eigenvalue weighted by Gasteiger charge is -2.26. The Hall–Kier alpha value is -2.23. The normalized spacial score (nSPS) is 21.0. The fourth-order valence-electron chi connectivity index (χ4n) is 5.13. The number of hydrogen-bond acceptors (Lipinski definition) is 3. The smallest absolute Gasteiger partial charge is 0.0885 e. The van der Waals surface area contributed by atoms with E-state index < -0.39 is 0 Å². The molecule has 5 rings (SSSR count).